The Morgan fingerprint density at radius 2 is 1.52 bits per heavy atom. The summed E-state index contributed by atoms with van der Waals surface area (Å²) in [7, 11) is 0. The molecular weight excluding hydrogens is 312 g/mol. The normalized spacial score (nSPS) is 22.1. The molecule has 0 atom stereocenters. The van der Waals surface area contributed by atoms with E-state index in [1.165, 1.54) is 56.7 Å². The molecule has 0 aromatic heterocycles. The van der Waals surface area contributed by atoms with Crippen LogP contribution in [0, 0.1) is 0 Å². The molecule has 4 heteroatoms. The quantitative estimate of drug-likeness (QED) is 0.793. The first-order valence-electron chi connectivity index (χ1n) is 9.46. The van der Waals surface area contributed by atoms with Crippen LogP contribution in [0.1, 0.15) is 17.5 Å². The molecule has 2 aromatic carbocycles. The summed E-state index contributed by atoms with van der Waals surface area (Å²) < 4.78 is 10.9. The van der Waals surface area contributed by atoms with Crippen LogP contribution in [-0.4, -0.2) is 39.5 Å². The van der Waals surface area contributed by atoms with Gasteiger partial charge in [-0.3, -0.25) is 0 Å². The minimum Gasteiger partial charge on any atom is -0.454 e. The molecule has 2 N–H and O–H groups in total. The minimum absolute atomic E-state index is 0.358. The van der Waals surface area contributed by atoms with Crippen molar-refractivity contribution in [1.29, 1.82) is 0 Å². The van der Waals surface area contributed by atoms with E-state index in [1.807, 2.05) is 6.07 Å². The zero-order chi connectivity index (χ0) is 16.9. The topological polar surface area (TPSA) is 27.3 Å². The largest absolute Gasteiger partial charge is 0.454 e. The lowest BCUT2D eigenvalue weighted by atomic mass is 10.1. The van der Waals surface area contributed by atoms with Gasteiger partial charge >= 0.3 is 0 Å². The molecule has 0 spiro atoms. The summed E-state index contributed by atoms with van der Waals surface area (Å²) in [4.78, 5) is 3.45. The second-order valence-corrected chi connectivity index (χ2v) is 7.20. The van der Waals surface area contributed by atoms with E-state index in [4.69, 9.17) is 9.47 Å². The van der Waals surface area contributed by atoms with Crippen molar-refractivity contribution in [3.8, 4) is 11.5 Å². The molecule has 132 valence electrons. The molecule has 4 rings (SSSR count). The number of hydrogen-bond donors (Lipinski definition) is 2. The van der Waals surface area contributed by atoms with Gasteiger partial charge in [0.15, 0.2) is 11.5 Å². The van der Waals surface area contributed by atoms with Gasteiger partial charge in [-0.05, 0) is 30.2 Å². The zero-order valence-corrected chi connectivity index (χ0v) is 14.8. The number of rotatable bonds is 6. The fraction of sp³-hybridized carbons (Fsp3) is 0.429. The molecule has 1 fully saturated rings. The van der Waals surface area contributed by atoms with Crippen molar-refractivity contribution in [2.24, 2.45) is 0 Å². The fourth-order valence-corrected chi connectivity index (χ4v) is 3.91. The molecule has 2 aliphatic heterocycles. The highest BCUT2D eigenvalue weighted by molar-refractivity contribution is 5.44. The Kier molecular flexibility index (Phi) is 5.19. The van der Waals surface area contributed by atoms with Gasteiger partial charge in [-0.2, -0.15) is 0 Å². The molecular formula is C21H28N2O2+2. The highest BCUT2D eigenvalue weighted by atomic mass is 16.7. The Hall–Kier alpha value is -2.04. The van der Waals surface area contributed by atoms with Crippen molar-refractivity contribution in [1.82, 2.24) is 0 Å². The smallest absolute Gasteiger partial charge is 0.231 e. The third-order valence-electron chi connectivity index (χ3n) is 5.39. The van der Waals surface area contributed by atoms with Crippen LogP contribution in [0.2, 0.25) is 0 Å². The van der Waals surface area contributed by atoms with Crippen LogP contribution in [0.3, 0.4) is 0 Å². The van der Waals surface area contributed by atoms with Gasteiger partial charge in [-0.1, -0.05) is 30.3 Å². The van der Waals surface area contributed by atoms with E-state index in [0.717, 1.165) is 18.0 Å². The van der Waals surface area contributed by atoms with Crippen LogP contribution in [-0.2, 0) is 13.0 Å². The molecule has 4 nitrogen and oxygen atoms in total. The molecule has 0 bridgehead atoms. The van der Waals surface area contributed by atoms with E-state index < -0.39 is 0 Å². The Morgan fingerprint density at radius 3 is 2.36 bits per heavy atom. The maximum atomic E-state index is 5.49. The van der Waals surface area contributed by atoms with E-state index >= 15 is 0 Å². The van der Waals surface area contributed by atoms with Gasteiger partial charge in [-0.25, -0.2) is 0 Å². The monoisotopic (exact) mass is 340 g/mol. The van der Waals surface area contributed by atoms with E-state index in [-0.39, 0.29) is 0 Å². The lowest BCUT2D eigenvalue weighted by molar-refractivity contribution is -1.02. The van der Waals surface area contributed by atoms with Gasteiger partial charge in [0.2, 0.25) is 6.79 Å². The number of aryl methyl sites for hydroxylation is 1. The molecule has 0 unspecified atom stereocenters. The van der Waals surface area contributed by atoms with Crippen molar-refractivity contribution in [3.05, 3.63) is 59.7 Å². The van der Waals surface area contributed by atoms with Gasteiger partial charge in [0.25, 0.3) is 0 Å². The summed E-state index contributed by atoms with van der Waals surface area (Å²) in [6.45, 7) is 7.84. The maximum Gasteiger partial charge on any atom is 0.231 e. The first kappa shape index (κ1) is 16.4. The second-order valence-electron chi connectivity index (χ2n) is 7.20. The van der Waals surface area contributed by atoms with E-state index in [9.17, 15) is 0 Å². The number of ether oxygens (including phenoxy) is 2. The van der Waals surface area contributed by atoms with Crippen LogP contribution < -0.4 is 19.3 Å². The highest BCUT2D eigenvalue weighted by Crippen LogP contribution is 2.32. The number of fused-ring (bicyclic) bond motifs is 1. The van der Waals surface area contributed by atoms with E-state index in [0.29, 0.717) is 6.79 Å². The molecule has 0 amide bonds. The number of hydrogen-bond acceptors (Lipinski definition) is 2. The summed E-state index contributed by atoms with van der Waals surface area (Å²) >= 11 is 0. The number of benzene rings is 2. The third kappa shape index (κ3) is 4.33. The second kappa shape index (κ2) is 7.89. The van der Waals surface area contributed by atoms with Crippen LogP contribution in [0.25, 0.3) is 0 Å². The molecule has 0 aliphatic carbocycles. The Labute approximate surface area is 150 Å². The van der Waals surface area contributed by atoms with Crippen LogP contribution in [0.4, 0.5) is 0 Å². The predicted molar refractivity (Wildman–Crippen MR) is 97.3 cm³/mol. The van der Waals surface area contributed by atoms with Gasteiger partial charge in [0.1, 0.15) is 32.7 Å². The van der Waals surface area contributed by atoms with Crippen LogP contribution in [0.15, 0.2) is 48.5 Å². The Balaban J connectivity index is 1.19. The Bertz CT molecular complexity index is 682. The maximum absolute atomic E-state index is 5.49. The molecule has 0 radical (unpaired) electrons. The third-order valence-corrected chi connectivity index (χ3v) is 5.39. The van der Waals surface area contributed by atoms with Crippen LogP contribution >= 0.6 is 0 Å². The summed E-state index contributed by atoms with van der Waals surface area (Å²) in [5.74, 6) is 1.79. The van der Waals surface area contributed by atoms with E-state index in [2.05, 4.69) is 42.5 Å². The number of nitrogens with one attached hydrogen (secondary N) is 2. The van der Waals surface area contributed by atoms with Crippen molar-refractivity contribution in [2.75, 3.05) is 39.5 Å². The van der Waals surface area contributed by atoms with Crippen molar-refractivity contribution < 1.29 is 19.3 Å². The Morgan fingerprint density at radius 1 is 0.760 bits per heavy atom. The van der Waals surface area contributed by atoms with Crippen molar-refractivity contribution in [3.63, 3.8) is 0 Å². The standard InChI is InChI=1S/C21H26N2O2/c1-2-5-18(6-3-1)7-4-10-22-11-13-23(14-12-22)16-19-8-9-20-21(15-19)25-17-24-20/h1-3,5-6,8-9,15H,4,7,10-14,16-17H2/p+2. The summed E-state index contributed by atoms with van der Waals surface area (Å²) in [6.07, 6.45) is 2.49. The molecule has 1 saturated heterocycles. The average Bonchev–Trinajstić information content (AvgIpc) is 3.12. The first-order chi connectivity index (χ1) is 12.4. The molecule has 2 heterocycles. The van der Waals surface area contributed by atoms with Crippen molar-refractivity contribution >= 4 is 0 Å². The molecule has 2 aliphatic rings. The number of quaternary nitrogens is 2. The van der Waals surface area contributed by atoms with Crippen molar-refractivity contribution in [2.45, 2.75) is 19.4 Å². The SMILES string of the molecule is c1ccc(CCC[NH+]2CC[NH+](Cc3ccc4c(c3)OCO4)CC2)cc1. The molecule has 0 saturated carbocycles. The van der Waals surface area contributed by atoms with Gasteiger partial charge in [-0.15, -0.1) is 0 Å². The summed E-state index contributed by atoms with van der Waals surface area (Å²) in [6, 6.07) is 17.2. The lowest BCUT2D eigenvalue weighted by Crippen LogP contribution is -3.27. The van der Waals surface area contributed by atoms with Gasteiger partial charge < -0.3 is 19.3 Å². The zero-order valence-electron chi connectivity index (χ0n) is 14.8. The average molecular weight is 340 g/mol. The first-order valence-corrected chi connectivity index (χ1v) is 9.46. The highest BCUT2D eigenvalue weighted by Gasteiger charge is 2.23. The summed E-state index contributed by atoms with van der Waals surface area (Å²) in [5, 5.41) is 0. The number of piperazine rings is 1. The van der Waals surface area contributed by atoms with Gasteiger partial charge in [0.05, 0.1) is 6.54 Å². The minimum atomic E-state index is 0.358. The fourth-order valence-electron chi connectivity index (χ4n) is 3.91. The summed E-state index contributed by atoms with van der Waals surface area (Å²) in [5.41, 5.74) is 2.82. The van der Waals surface area contributed by atoms with E-state index in [1.54, 1.807) is 9.80 Å². The lowest BCUT2D eigenvalue weighted by Gasteiger charge is -2.29. The molecule has 2 aromatic rings. The van der Waals surface area contributed by atoms with Crippen LogP contribution in [0.5, 0.6) is 11.5 Å². The molecule has 25 heavy (non-hydrogen) atoms. The van der Waals surface area contributed by atoms with Gasteiger partial charge in [0, 0.05) is 12.0 Å². The predicted octanol–water partition coefficient (Wildman–Crippen LogP) is 0.332.